The van der Waals surface area contributed by atoms with Crippen LogP contribution in [0.25, 0.3) is 11.1 Å². The average molecular weight is 465 g/mol. The number of benzene rings is 2. The third kappa shape index (κ3) is 5.41. The summed E-state index contributed by atoms with van der Waals surface area (Å²) in [7, 11) is 0. The number of carbonyl (C=O) groups is 3. The number of alkyl carbamates (subject to hydrolysis) is 1. The molecule has 7 heteroatoms. The minimum Gasteiger partial charge on any atom is -0.481 e. The van der Waals surface area contributed by atoms with Crippen LogP contribution in [0.15, 0.2) is 48.5 Å². The van der Waals surface area contributed by atoms with Crippen LogP contribution in [-0.2, 0) is 14.3 Å². The summed E-state index contributed by atoms with van der Waals surface area (Å²) in [5, 5.41) is 14.5. The highest BCUT2D eigenvalue weighted by molar-refractivity contribution is 5.86. The number of nitrogens with one attached hydrogen (secondary N) is 2. The summed E-state index contributed by atoms with van der Waals surface area (Å²) >= 11 is 0. The van der Waals surface area contributed by atoms with Crippen LogP contribution in [0.2, 0.25) is 0 Å². The molecule has 1 unspecified atom stereocenters. The Hall–Kier alpha value is -3.35. The number of rotatable bonds is 11. The van der Waals surface area contributed by atoms with Gasteiger partial charge in [0.05, 0.1) is 5.41 Å². The molecule has 0 saturated heterocycles. The molecular weight excluding hydrogens is 432 g/mol. The number of carboxylic acids is 1. The van der Waals surface area contributed by atoms with E-state index in [4.69, 9.17) is 9.84 Å². The van der Waals surface area contributed by atoms with Gasteiger partial charge in [0.1, 0.15) is 6.61 Å². The van der Waals surface area contributed by atoms with Crippen molar-refractivity contribution < 1.29 is 24.2 Å². The fourth-order valence-corrected chi connectivity index (χ4v) is 4.66. The van der Waals surface area contributed by atoms with Gasteiger partial charge < -0.3 is 20.5 Å². The number of ether oxygens (including phenoxy) is 1. The SMILES string of the molecule is CC(CCNC(=O)C1(CNC(=O)OCC2c3ccccc3-c3ccccc32)CC1)CCC(=O)O. The first-order valence-electron chi connectivity index (χ1n) is 12.0. The first kappa shape index (κ1) is 23.8. The van der Waals surface area contributed by atoms with E-state index in [0.29, 0.717) is 13.0 Å². The molecule has 0 bridgehead atoms. The Morgan fingerprint density at radius 1 is 1.00 bits per heavy atom. The molecule has 2 amide bonds. The smallest absolute Gasteiger partial charge is 0.407 e. The molecule has 2 aliphatic rings. The largest absolute Gasteiger partial charge is 0.481 e. The number of aliphatic carboxylic acids is 1. The fraction of sp³-hybridized carbons (Fsp3) is 0.444. The lowest BCUT2D eigenvalue weighted by molar-refractivity contribution is -0.137. The molecule has 3 N–H and O–H groups in total. The Kier molecular flexibility index (Phi) is 7.20. The zero-order valence-corrected chi connectivity index (χ0v) is 19.5. The maximum absolute atomic E-state index is 12.6. The quantitative estimate of drug-likeness (QED) is 0.460. The molecule has 0 spiro atoms. The van der Waals surface area contributed by atoms with Crippen LogP contribution in [0.5, 0.6) is 0 Å². The number of hydrogen-bond donors (Lipinski definition) is 3. The number of hydrogen-bond acceptors (Lipinski definition) is 4. The molecule has 0 heterocycles. The van der Waals surface area contributed by atoms with Gasteiger partial charge in [0.25, 0.3) is 0 Å². The van der Waals surface area contributed by atoms with Crippen molar-refractivity contribution in [2.75, 3.05) is 19.7 Å². The zero-order valence-electron chi connectivity index (χ0n) is 19.5. The second kappa shape index (κ2) is 10.3. The maximum atomic E-state index is 12.6. The van der Waals surface area contributed by atoms with E-state index in [2.05, 4.69) is 34.9 Å². The van der Waals surface area contributed by atoms with Gasteiger partial charge in [0, 0.05) is 25.4 Å². The summed E-state index contributed by atoms with van der Waals surface area (Å²) in [6.45, 7) is 2.99. The predicted molar refractivity (Wildman–Crippen MR) is 128 cm³/mol. The Morgan fingerprint density at radius 3 is 2.21 bits per heavy atom. The van der Waals surface area contributed by atoms with Gasteiger partial charge in [-0.3, -0.25) is 9.59 Å². The van der Waals surface area contributed by atoms with Crippen molar-refractivity contribution >= 4 is 18.0 Å². The molecular formula is C27H32N2O5. The van der Waals surface area contributed by atoms with E-state index in [1.165, 1.54) is 11.1 Å². The second-order valence-electron chi connectivity index (χ2n) is 9.54. The van der Waals surface area contributed by atoms with Gasteiger partial charge in [-0.15, -0.1) is 0 Å². The molecule has 1 atom stereocenters. The van der Waals surface area contributed by atoms with E-state index >= 15 is 0 Å². The van der Waals surface area contributed by atoms with Gasteiger partial charge in [0.15, 0.2) is 0 Å². The first-order valence-corrected chi connectivity index (χ1v) is 12.0. The van der Waals surface area contributed by atoms with Gasteiger partial charge in [-0.1, -0.05) is 55.5 Å². The Morgan fingerprint density at radius 2 is 1.62 bits per heavy atom. The lowest BCUT2D eigenvalue weighted by Gasteiger charge is -2.18. The lowest BCUT2D eigenvalue weighted by Crippen LogP contribution is -2.41. The molecule has 0 aliphatic heterocycles. The molecule has 180 valence electrons. The highest BCUT2D eigenvalue weighted by Crippen LogP contribution is 2.46. The van der Waals surface area contributed by atoms with E-state index in [-0.39, 0.29) is 37.3 Å². The Balaban J connectivity index is 1.22. The highest BCUT2D eigenvalue weighted by atomic mass is 16.5. The molecule has 2 aromatic carbocycles. The molecule has 0 radical (unpaired) electrons. The highest BCUT2D eigenvalue weighted by Gasteiger charge is 2.49. The molecule has 0 aromatic heterocycles. The van der Waals surface area contributed by atoms with E-state index in [1.54, 1.807) is 0 Å². The van der Waals surface area contributed by atoms with E-state index in [1.807, 2.05) is 31.2 Å². The van der Waals surface area contributed by atoms with E-state index in [9.17, 15) is 14.4 Å². The van der Waals surface area contributed by atoms with Crippen molar-refractivity contribution in [1.29, 1.82) is 0 Å². The summed E-state index contributed by atoms with van der Waals surface area (Å²) in [6.07, 6.45) is 2.43. The predicted octanol–water partition coefficient (Wildman–Crippen LogP) is 4.31. The first-order chi connectivity index (χ1) is 16.4. The van der Waals surface area contributed by atoms with Crippen LogP contribution in [0.1, 0.15) is 56.1 Å². The minimum absolute atomic E-state index is 0.000509. The number of amides is 2. The van der Waals surface area contributed by atoms with Crippen LogP contribution in [-0.4, -0.2) is 42.8 Å². The monoisotopic (exact) mass is 464 g/mol. The average Bonchev–Trinajstić information content (AvgIpc) is 3.57. The third-order valence-electron chi connectivity index (χ3n) is 7.02. The topological polar surface area (TPSA) is 105 Å². The molecule has 2 aliphatic carbocycles. The molecule has 34 heavy (non-hydrogen) atoms. The molecule has 7 nitrogen and oxygen atoms in total. The third-order valence-corrected chi connectivity index (χ3v) is 7.02. The van der Waals surface area contributed by atoms with Crippen molar-refractivity contribution in [2.45, 2.75) is 44.9 Å². The van der Waals surface area contributed by atoms with Crippen LogP contribution in [0, 0.1) is 11.3 Å². The van der Waals surface area contributed by atoms with Crippen LogP contribution < -0.4 is 10.6 Å². The summed E-state index contributed by atoms with van der Waals surface area (Å²) in [4.78, 5) is 35.7. The van der Waals surface area contributed by atoms with Crippen LogP contribution in [0.4, 0.5) is 4.79 Å². The number of fused-ring (bicyclic) bond motifs is 3. The van der Waals surface area contributed by atoms with Gasteiger partial charge >= 0.3 is 12.1 Å². The molecule has 1 fully saturated rings. The van der Waals surface area contributed by atoms with Crippen molar-refractivity contribution in [2.24, 2.45) is 11.3 Å². The zero-order chi connectivity index (χ0) is 24.1. The van der Waals surface area contributed by atoms with Gasteiger partial charge in [-0.2, -0.15) is 0 Å². The standard InChI is InChI=1S/C27H32N2O5/c1-18(10-11-24(30)31)12-15-28-25(32)27(13-14-27)17-29-26(33)34-16-23-21-8-4-2-6-19(21)20-7-3-5-9-22(20)23/h2-9,18,23H,10-17H2,1H3,(H,28,32)(H,29,33)(H,30,31). The fourth-order valence-electron chi connectivity index (χ4n) is 4.66. The summed E-state index contributed by atoms with van der Waals surface area (Å²) < 4.78 is 5.57. The molecule has 1 saturated carbocycles. The van der Waals surface area contributed by atoms with Gasteiger partial charge in [0.2, 0.25) is 5.91 Å². The normalized spacial score (nSPS) is 16.1. The van der Waals surface area contributed by atoms with Crippen molar-refractivity contribution in [3.8, 4) is 11.1 Å². The number of carboxylic acid groups (broad SMARTS) is 1. The van der Waals surface area contributed by atoms with Crippen LogP contribution in [0.3, 0.4) is 0 Å². The van der Waals surface area contributed by atoms with Gasteiger partial charge in [-0.05, 0) is 53.9 Å². The maximum Gasteiger partial charge on any atom is 0.407 e. The van der Waals surface area contributed by atoms with Crippen molar-refractivity contribution in [3.63, 3.8) is 0 Å². The second-order valence-corrected chi connectivity index (χ2v) is 9.54. The lowest BCUT2D eigenvalue weighted by atomic mass is 9.98. The summed E-state index contributed by atoms with van der Waals surface area (Å²) in [6, 6.07) is 16.4. The summed E-state index contributed by atoms with van der Waals surface area (Å²) in [5.74, 6) is -0.631. The number of carbonyl (C=O) groups excluding carboxylic acids is 2. The van der Waals surface area contributed by atoms with E-state index in [0.717, 1.165) is 30.4 Å². The Labute approximate surface area is 199 Å². The van der Waals surface area contributed by atoms with Gasteiger partial charge in [-0.25, -0.2) is 4.79 Å². The minimum atomic E-state index is -0.799. The van der Waals surface area contributed by atoms with Crippen molar-refractivity contribution in [3.05, 3.63) is 59.7 Å². The molecule has 4 rings (SSSR count). The van der Waals surface area contributed by atoms with E-state index < -0.39 is 17.5 Å². The Bertz CT molecular complexity index is 1020. The molecule has 2 aromatic rings. The summed E-state index contributed by atoms with van der Waals surface area (Å²) in [5.41, 5.74) is 4.12. The van der Waals surface area contributed by atoms with Crippen molar-refractivity contribution in [1.82, 2.24) is 10.6 Å². The van der Waals surface area contributed by atoms with Crippen LogP contribution >= 0.6 is 0 Å².